The normalized spacial score (nSPS) is 9.54. The first-order chi connectivity index (χ1) is 6.15. The maximum Gasteiger partial charge on any atom is 0.335 e. The zero-order valence-corrected chi connectivity index (χ0v) is 6.69. The first-order valence-corrected chi connectivity index (χ1v) is 3.53. The summed E-state index contributed by atoms with van der Waals surface area (Å²) in [6, 6.07) is 3.88. The van der Waals surface area contributed by atoms with Gasteiger partial charge in [-0.1, -0.05) is 0 Å². The lowest BCUT2D eigenvalue weighted by molar-refractivity contribution is 0.0697. The van der Waals surface area contributed by atoms with Crippen LogP contribution in [-0.2, 0) is 6.54 Å². The van der Waals surface area contributed by atoms with Gasteiger partial charge in [0.15, 0.2) is 0 Å². The molecule has 0 aliphatic carbocycles. The number of hydrogen-bond acceptors (Lipinski definition) is 4. The lowest BCUT2D eigenvalue weighted by Gasteiger charge is -2.01. The standard InChI is InChI=1S/C8H8N2O3/c9-10-4-6-3-5(8(12)13)1-2-7(6)11/h1-3,9,11H,4H2,(H,12,13). The smallest absolute Gasteiger partial charge is 0.335 e. The van der Waals surface area contributed by atoms with E-state index >= 15 is 0 Å². The molecule has 0 spiro atoms. The number of nitrogens with one attached hydrogen (secondary N) is 1. The van der Waals surface area contributed by atoms with Crippen LogP contribution in [0.25, 0.3) is 0 Å². The van der Waals surface area contributed by atoms with E-state index < -0.39 is 5.97 Å². The highest BCUT2D eigenvalue weighted by Gasteiger charge is 2.06. The second kappa shape index (κ2) is 3.66. The van der Waals surface area contributed by atoms with Crippen LogP contribution in [-0.4, -0.2) is 16.2 Å². The molecule has 5 heteroatoms. The van der Waals surface area contributed by atoms with E-state index in [9.17, 15) is 9.90 Å². The number of nitrogens with zero attached hydrogens (tertiary/aromatic N) is 1. The predicted octanol–water partition coefficient (Wildman–Crippen LogP) is 1.62. The van der Waals surface area contributed by atoms with E-state index in [1.54, 1.807) is 0 Å². The Balaban J connectivity index is 3.10. The molecule has 1 aromatic rings. The molecule has 0 aliphatic rings. The molecule has 0 aliphatic heterocycles. The summed E-state index contributed by atoms with van der Waals surface area (Å²) >= 11 is 0. The highest BCUT2D eigenvalue weighted by Crippen LogP contribution is 2.19. The second-order valence-electron chi connectivity index (χ2n) is 2.46. The Hall–Kier alpha value is -1.91. The van der Waals surface area contributed by atoms with Crippen LogP contribution in [0.2, 0.25) is 0 Å². The molecule has 0 saturated heterocycles. The highest BCUT2D eigenvalue weighted by atomic mass is 16.4. The van der Waals surface area contributed by atoms with Crippen LogP contribution in [0.5, 0.6) is 5.75 Å². The lowest BCUT2D eigenvalue weighted by Crippen LogP contribution is -1.97. The number of hydrogen-bond donors (Lipinski definition) is 3. The third-order valence-corrected chi connectivity index (χ3v) is 1.58. The van der Waals surface area contributed by atoms with Gasteiger partial charge in [0, 0.05) is 5.56 Å². The number of benzene rings is 1. The summed E-state index contributed by atoms with van der Waals surface area (Å²) in [5.74, 6) is -1.10. The van der Waals surface area contributed by atoms with E-state index in [-0.39, 0.29) is 17.9 Å². The van der Waals surface area contributed by atoms with Crippen LogP contribution in [0.3, 0.4) is 0 Å². The van der Waals surface area contributed by atoms with Crippen molar-refractivity contribution in [3.63, 3.8) is 0 Å². The molecule has 0 bridgehead atoms. The van der Waals surface area contributed by atoms with E-state index in [2.05, 4.69) is 5.11 Å². The third-order valence-electron chi connectivity index (χ3n) is 1.58. The van der Waals surface area contributed by atoms with Gasteiger partial charge in [-0.2, -0.15) is 5.11 Å². The molecule has 0 heterocycles. The molecule has 0 saturated carbocycles. The lowest BCUT2D eigenvalue weighted by atomic mass is 10.1. The minimum absolute atomic E-state index is 0.00699. The highest BCUT2D eigenvalue weighted by molar-refractivity contribution is 5.88. The van der Waals surface area contributed by atoms with Gasteiger partial charge in [0.1, 0.15) is 5.75 Å². The van der Waals surface area contributed by atoms with Crippen molar-refractivity contribution >= 4 is 5.97 Å². The van der Waals surface area contributed by atoms with Crippen LogP contribution in [0.15, 0.2) is 23.3 Å². The average molecular weight is 180 g/mol. The Bertz CT molecular complexity index is 349. The Morgan fingerprint density at radius 2 is 2.23 bits per heavy atom. The number of phenols is 1. The maximum atomic E-state index is 10.5. The second-order valence-corrected chi connectivity index (χ2v) is 2.46. The molecular formula is C8H8N2O3. The van der Waals surface area contributed by atoms with Crippen LogP contribution in [0.1, 0.15) is 15.9 Å². The van der Waals surface area contributed by atoms with Crippen molar-refractivity contribution in [1.29, 1.82) is 5.53 Å². The van der Waals surface area contributed by atoms with Crippen molar-refractivity contribution in [2.45, 2.75) is 6.54 Å². The number of phenolic OH excluding ortho intramolecular Hbond substituents is 1. The number of aromatic carboxylic acids is 1. The zero-order chi connectivity index (χ0) is 9.84. The van der Waals surface area contributed by atoms with Gasteiger partial charge in [0.05, 0.1) is 12.1 Å². The average Bonchev–Trinajstić information content (AvgIpc) is 2.08. The fourth-order valence-corrected chi connectivity index (χ4v) is 0.930. The Labute approximate surface area is 74.1 Å². The monoisotopic (exact) mass is 180 g/mol. The molecule has 0 unspecified atom stereocenters. The Morgan fingerprint density at radius 3 is 2.77 bits per heavy atom. The minimum atomic E-state index is -1.06. The zero-order valence-electron chi connectivity index (χ0n) is 6.69. The van der Waals surface area contributed by atoms with Gasteiger partial charge in [-0.15, -0.1) is 0 Å². The number of carbonyl (C=O) groups is 1. The van der Waals surface area contributed by atoms with E-state index in [1.165, 1.54) is 18.2 Å². The first-order valence-electron chi connectivity index (χ1n) is 3.53. The van der Waals surface area contributed by atoms with Crippen molar-refractivity contribution in [2.75, 3.05) is 0 Å². The molecule has 3 N–H and O–H groups in total. The van der Waals surface area contributed by atoms with E-state index in [0.717, 1.165) is 0 Å². The largest absolute Gasteiger partial charge is 0.508 e. The van der Waals surface area contributed by atoms with Crippen molar-refractivity contribution in [2.24, 2.45) is 5.11 Å². The van der Waals surface area contributed by atoms with Gasteiger partial charge in [-0.3, -0.25) is 0 Å². The number of carboxylic acid groups (broad SMARTS) is 1. The summed E-state index contributed by atoms with van der Waals surface area (Å²) in [6.07, 6.45) is 0. The fourth-order valence-electron chi connectivity index (χ4n) is 0.930. The van der Waals surface area contributed by atoms with Crippen LogP contribution < -0.4 is 0 Å². The molecule has 0 radical (unpaired) electrons. The van der Waals surface area contributed by atoms with Gasteiger partial charge in [-0.05, 0) is 18.2 Å². The maximum absolute atomic E-state index is 10.5. The van der Waals surface area contributed by atoms with Gasteiger partial charge >= 0.3 is 5.97 Å². The van der Waals surface area contributed by atoms with Crippen molar-refractivity contribution in [3.05, 3.63) is 29.3 Å². The van der Waals surface area contributed by atoms with Crippen LogP contribution >= 0.6 is 0 Å². The van der Waals surface area contributed by atoms with Gasteiger partial charge < -0.3 is 10.2 Å². The van der Waals surface area contributed by atoms with Gasteiger partial charge in [0.25, 0.3) is 0 Å². The number of aromatic hydroxyl groups is 1. The van der Waals surface area contributed by atoms with Crippen molar-refractivity contribution in [1.82, 2.24) is 0 Å². The predicted molar refractivity (Wildman–Crippen MR) is 43.9 cm³/mol. The Morgan fingerprint density at radius 1 is 1.54 bits per heavy atom. The first kappa shape index (κ1) is 9.18. The van der Waals surface area contributed by atoms with Crippen molar-refractivity contribution < 1.29 is 15.0 Å². The molecule has 1 aromatic carbocycles. The molecule has 13 heavy (non-hydrogen) atoms. The van der Waals surface area contributed by atoms with E-state index in [4.69, 9.17) is 10.6 Å². The summed E-state index contributed by atoms with van der Waals surface area (Å²) in [5.41, 5.74) is 7.00. The van der Waals surface area contributed by atoms with E-state index in [0.29, 0.717) is 5.56 Å². The molecule has 0 aromatic heterocycles. The summed E-state index contributed by atoms with van der Waals surface area (Å²) in [5, 5.41) is 20.9. The third kappa shape index (κ3) is 2.02. The van der Waals surface area contributed by atoms with Gasteiger partial charge in [0.2, 0.25) is 0 Å². The molecule has 5 nitrogen and oxygen atoms in total. The molecule has 0 atom stereocenters. The van der Waals surface area contributed by atoms with Crippen molar-refractivity contribution in [3.8, 4) is 5.75 Å². The molecular weight excluding hydrogens is 172 g/mol. The molecule has 1 rings (SSSR count). The fraction of sp³-hybridized carbons (Fsp3) is 0.125. The quantitative estimate of drug-likeness (QED) is 0.617. The summed E-state index contributed by atoms with van der Waals surface area (Å²) < 4.78 is 0. The summed E-state index contributed by atoms with van der Waals surface area (Å²) in [7, 11) is 0. The van der Waals surface area contributed by atoms with E-state index in [1.807, 2.05) is 0 Å². The Kier molecular flexibility index (Phi) is 2.59. The molecule has 0 fully saturated rings. The van der Waals surface area contributed by atoms with Crippen LogP contribution in [0.4, 0.5) is 0 Å². The SMILES string of the molecule is N=NCc1cc(C(=O)O)ccc1O. The molecule has 0 amide bonds. The van der Waals surface area contributed by atoms with Gasteiger partial charge in [-0.25, -0.2) is 10.3 Å². The number of carboxylic acids is 1. The molecule has 68 valence electrons. The van der Waals surface area contributed by atoms with Crippen LogP contribution in [0, 0.1) is 5.53 Å². The summed E-state index contributed by atoms with van der Waals surface area (Å²) in [4.78, 5) is 10.5. The summed E-state index contributed by atoms with van der Waals surface area (Å²) in [6.45, 7) is -0.00699. The number of rotatable bonds is 3. The minimum Gasteiger partial charge on any atom is -0.508 e. The topological polar surface area (TPSA) is 93.7 Å².